The highest BCUT2D eigenvalue weighted by molar-refractivity contribution is 7.22. The molecule has 0 saturated carbocycles. The molecule has 4 heteroatoms. The summed E-state index contributed by atoms with van der Waals surface area (Å²) in [6.07, 6.45) is 0.376. The van der Waals surface area contributed by atoms with Gasteiger partial charge in [0.25, 0.3) is 0 Å². The van der Waals surface area contributed by atoms with Gasteiger partial charge in [0.05, 0.1) is 23.2 Å². The van der Waals surface area contributed by atoms with Gasteiger partial charge in [0, 0.05) is 0 Å². The van der Waals surface area contributed by atoms with E-state index < -0.39 is 0 Å². The zero-order valence-corrected chi connectivity index (χ0v) is 17.8. The summed E-state index contributed by atoms with van der Waals surface area (Å²) < 4.78 is 1.09. The fourth-order valence-electron chi connectivity index (χ4n) is 3.74. The van der Waals surface area contributed by atoms with Gasteiger partial charge in [0.15, 0.2) is 5.13 Å². The van der Waals surface area contributed by atoms with Gasteiger partial charge < -0.3 is 0 Å². The molecule has 0 radical (unpaired) electrons. The maximum absolute atomic E-state index is 13.5. The Morgan fingerprint density at radius 2 is 1.59 bits per heavy atom. The third kappa shape index (κ3) is 4.22. The van der Waals surface area contributed by atoms with Gasteiger partial charge in [-0.2, -0.15) is 0 Å². The standard InChI is InChI=1S/C25H24N2OS/c1-17-13-18(2)21(19(3)14-17)15-24(28)27(16-20-9-5-4-6-10-20)25-26-22-11-7-8-12-23(22)29-25/h4-14H,15-16H2,1-3H3. The lowest BCUT2D eigenvalue weighted by Crippen LogP contribution is -2.32. The maximum Gasteiger partial charge on any atom is 0.233 e. The monoisotopic (exact) mass is 400 g/mol. The Kier molecular flexibility index (Phi) is 5.45. The quantitative estimate of drug-likeness (QED) is 0.412. The van der Waals surface area contributed by atoms with Crippen LogP contribution in [-0.4, -0.2) is 10.9 Å². The van der Waals surface area contributed by atoms with Crippen LogP contribution in [0.3, 0.4) is 0 Å². The number of amides is 1. The van der Waals surface area contributed by atoms with Crippen molar-refractivity contribution in [2.45, 2.75) is 33.7 Å². The van der Waals surface area contributed by atoms with Crippen LogP contribution in [0.1, 0.15) is 27.8 Å². The number of rotatable bonds is 5. The summed E-state index contributed by atoms with van der Waals surface area (Å²) in [6.45, 7) is 6.78. The van der Waals surface area contributed by atoms with E-state index in [1.807, 2.05) is 41.3 Å². The Balaban J connectivity index is 1.70. The van der Waals surface area contributed by atoms with Gasteiger partial charge in [-0.05, 0) is 55.2 Å². The van der Waals surface area contributed by atoms with Gasteiger partial charge in [-0.25, -0.2) is 4.98 Å². The number of fused-ring (bicyclic) bond motifs is 1. The average Bonchev–Trinajstić information content (AvgIpc) is 3.13. The number of aromatic nitrogens is 1. The van der Waals surface area contributed by atoms with E-state index >= 15 is 0 Å². The van der Waals surface area contributed by atoms with E-state index in [9.17, 15) is 4.79 Å². The molecular weight excluding hydrogens is 376 g/mol. The second kappa shape index (κ2) is 8.18. The van der Waals surface area contributed by atoms with Crippen LogP contribution in [0.2, 0.25) is 0 Å². The molecule has 0 aliphatic rings. The Morgan fingerprint density at radius 3 is 2.28 bits per heavy atom. The highest BCUT2D eigenvalue weighted by Crippen LogP contribution is 2.30. The lowest BCUT2D eigenvalue weighted by atomic mass is 9.97. The van der Waals surface area contributed by atoms with E-state index in [0.29, 0.717) is 13.0 Å². The first-order chi connectivity index (χ1) is 14.0. The molecule has 1 amide bonds. The fraction of sp³-hybridized carbons (Fsp3) is 0.200. The second-order valence-corrected chi connectivity index (χ2v) is 8.49. The van der Waals surface area contributed by atoms with Gasteiger partial charge in [-0.15, -0.1) is 0 Å². The number of carbonyl (C=O) groups excluding carboxylic acids is 1. The number of para-hydroxylation sites is 1. The number of hydrogen-bond acceptors (Lipinski definition) is 3. The first-order valence-corrected chi connectivity index (χ1v) is 10.6. The molecule has 3 nitrogen and oxygen atoms in total. The normalized spacial score (nSPS) is 11.0. The van der Waals surface area contributed by atoms with Crippen molar-refractivity contribution in [1.82, 2.24) is 4.98 Å². The van der Waals surface area contributed by atoms with Crippen molar-refractivity contribution in [3.05, 3.63) is 94.5 Å². The fourth-order valence-corrected chi connectivity index (χ4v) is 4.72. The van der Waals surface area contributed by atoms with E-state index in [2.05, 4.69) is 51.1 Å². The van der Waals surface area contributed by atoms with E-state index in [0.717, 1.165) is 26.5 Å². The summed E-state index contributed by atoms with van der Waals surface area (Å²) >= 11 is 1.57. The van der Waals surface area contributed by atoms with Crippen LogP contribution in [0.15, 0.2) is 66.7 Å². The SMILES string of the molecule is Cc1cc(C)c(CC(=O)N(Cc2ccccc2)c2nc3ccccc3s2)c(C)c1. The zero-order valence-electron chi connectivity index (χ0n) is 17.0. The summed E-state index contributed by atoms with van der Waals surface area (Å²) in [5, 5.41) is 0.752. The lowest BCUT2D eigenvalue weighted by molar-refractivity contribution is -0.118. The molecule has 3 aromatic carbocycles. The number of nitrogens with zero attached hydrogens (tertiary/aromatic N) is 2. The zero-order chi connectivity index (χ0) is 20.4. The minimum Gasteiger partial charge on any atom is -0.283 e. The first-order valence-electron chi connectivity index (χ1n) is 9.78. The molecule has 0 saturated heterocycles. The molecule has 0 unspecified atom stereocenters. The van der Waals surface area contributed by atoms with Gasteiger partial charge in [0.1, 0.15) is 0 Å². The van der Waals surface area contributed by atoms with Crippen LogP contribution < -0.4 is 4.90 Å². The summed E-state index contributed by atoms with van der Waals surface area (Å²) in [7, 11) is 0. The summed E-state index contributed by atoms with van der Waals surface area (Å²) in [5.41, 5.74) is 6.70. The van der Waals surface area contributed by atoms with Crippen molar-refractivity contribution in [3.8, 4) is 0 Å². The number of carbonyl (C=O) groups is 1. The Hall–Kier alpha value is -2.98. The Bertz CT molecular complexity index is 1110. The number of aryl methyl sites for hydroxylation is 3. The molecule has 0 spiro atoms. The summed E-state index contributed by atoms with van der Waals surface area (Å²) in [6, 6.07) is 22.4. The first kappa shape index (κ1) is 19.3. The summed E-state index contributed by atoms with van der Waals surface area (Å²) in [4.78, 5) is 20.1. The van der Waals surface area contributed by atoms with Crippen molar-refractivity contribution in [1.29, 1.82) is 0 Å². The molecule has 1 heterocycles. The summed E-state index contributed by atoms with van der Waals surface area (Å²) in [5.74, 6) is 0.0722. The third-order valence-electron chi connectivity index (χ3n) is 5.17. The van der Waals surface area contributed by atoms with Crippen LogP contribution in [0.25, 0.3) is 10.2 Å². The minimum atomic E-state index is 0.0722. The number of hydrogen-bond donors (Lipinski definition) is 0. The molecule has 4 aromatic rings. The smallest absolute Gasteiger partial charge is 0.233 e. The number of benzene rings is 3. The van der Waals surface area contributed by atoms with Crippen molar-refractivity contribution >= 4 is 32.6 Å². The van der Waals surface area contributed by atoms with E-state index in [1.54, 1.807) is 11.3 Å². The van der Waals surface area contributed by atoms with Crippen LogP contribution in [0.4, 0.5) is 5.13 Å². The van der Waals surface area contributed by atoms with Crippen LogP contribution >= 0.6 is 11.3 Å². The van der Waals surface area contributed by atoms with Crippen molar-refractivity contribution in [2.24, 2.45) is 0 Å². The molecule has 0 fully saturated rings. The van der Waals surface area contributed by atoms with E-state index in [-0.39, 0.29) is 5.91 Å². The van der Waals surface area contributed by atoms with Gasteiger partial charge in [-0.1, -0.05) is 71.5 Å². The molecule has 1 aromatic heterocycles. The maximum atomic E-state index is 13.5. The van der Waals surface area contributed by atoms with Crippen LogP contribution in [0.5, 0.6) is 0 Å². The molecule has 29 heavy (non-hydrogen) atoms. The van der Waals surface area contributed by atoms with Crippen molar-refractivity contribution in [2.75, 3.05) is 4.90 Å². The van der Waals surface area contributed by atoms with Crippen molar-refractivity contribution in [3.63, 3.8) is 0 Å². The minimum absolute atomic E-state index is 0.0722. The van der Waals surface area contributed by atoms with Gasteiger partial charge in [-0.3, -0.25) is 9.69 Å². The van der Waals surface area contributed by atoms with E-state index in [4.69, 9.17) is 4.98 Å². The second-order valence-electron chi connectivity index (χ2n) is 7.48. The average molecular weight is 401 g/mol. The Labute approximate surface area is 175 Å². The predicted molar refractivity (Wildman–Crippen MR) is 122 cm³/mol. The van der Waals surface area contributed by atoms with Crippen LogP contribution in [-0.2, 0) is 17.8 Å². The van der Waals surface area contributed by atoms with Gasteiger partial charge >= 0.3 is 0 Å². The van der Waals surface area contributed by atoms with E-state index in [1.165, 1.54) is 16.7 Å². The van der Waals surface area contributed by atoms with Gasteiger partial charge in [0.2, 0.25) is 5.91 Å². The Morgan fingerprint density at radius 1 is 0.931 bits per heavy atom. The molecular formula is C25H24N2OS. The molecule has 0 aliphatic carbocycles. The molecule has 0 atom stereocenters. The lowest BCUT2D eigenvalue weighted by Gasteiger charge is -2.21. The third-order valence-corrected chi connectivity index (χ3v) is 6.23. The molecule has 0 aliphatic heterocycles. The largest absolute Gasteiger partial charge is 0.283 e. The topological polar surface area (TPSA) is 33.2 Å². The number of thiazole rings is 1. The highest BCUT2D eigenvalue weighted by Gasteiger charge is 2.22. The molecule has 0 bridgehead atoms. The molecule has 146 valence electrons. The highest BCUT2D eigenvalue weighted by atomic mass is 32.1. The molecule has 0 N–H and O–H groups in total. The van der Waals surface area contributed by atoms with Crippen LogP contribution in [0, 0.1) is 20.8 Å². The number of anilines is 1. The molecule has 4 rings (SSSR count). The predicted octanol–water partition coefficient (Wildman–Crippen LogP) is 6.00. The van der Waals surface area contributed by atoms with Crippen molar-refractivity contribution < 1.29 is 4.79 Å².